The van der Waals surface area contributed by atoms with Gasteiger partial charge in [-0.3, -0.25) is 9.78 Å². The molecule has 1 amide bonds. The average molecular weight is 394 g/mol. The zero-order valence-corrected chi connectivity index (χ0v) is 16.0. The number of aryl methyl sites for hydroxylation is 1. The monoisotopic (exact) mass is 394 g/mol. The van der Waals surface area contributed by atoms with Gasteiger partial charge in [0.2, 0.25) is 0 Å². The topological polar surface area (TPSA) is 59.0 Å². The van der Waals surface area contributed by atoms with Gasteiger partial charge in [-0.1, -0.05) is 6.07 Å². The largest absolute Gasteiger partial charge is 0.338 e. The lowest BCUT2D eigenvalue weighted by molar-refractivity contribution is 0.0702. The van der Waals surface area contributed by atoms with Gasteiger partial charge in [0.05, 0.1) is 5.69 Å². The molecule has 0 spiro atoms. The van der Waals surface area contributed by atoms with E-state index >= 15 is 0 Å². The smallest absolute Gasteiger partial charge is 0.259 e. The van der Waals surface area contributed by atoms with Crippen LogP contribution in [0.25, 0.3) is 11.1 Å². The molecule has 5 nitrogen and oxygen atoms in total. The van der Waals surface area contributed by atoms with Crippen LogP contribution in [-0.2, 0) is 0 Å². The van der Waals surface area contributed by atoms with E-state index in [1.807, 2.05) is 25.3 Å². The van der Waals surface area contributed by atoms with Gasteiger partial charge in [0.25, 0.3) is 5.91 Å². The van der Waals surface area contributed by atoms with E-state index in [0.29, 0.717) is 31.8 Å². The number of likely N-dealkylation sites (tertiary alicyclic amines) is 1. The van der Waals surface area contributed by atoms with Crippen LogP contribution in [0.1, 0.15) is 40.6 Å². The fourth-order valence-electron chi connectivity index (χ4n) is 3.77. The summed E-state index contributed by atoms with van der Waals surface area (Å²) in [6.45, 7) is 2.67. The summed E-state index contributed by atoms with van der Waals surface area (Å²) >= 11 is 0. The molecule has 2 aromatic heterocycles. The number of carbonyl (C=O) groups is 1. The zero-order valence-electron chi connectivity index (χ0n) is 16.0. The van der Waals surface area contributed by atoms with Crippen molar-refractivity contribution in [2.75, 3.05) is 13.1 Å². The molecule has 4 rings (SSSR count). The number of benzene rings is 1. The van der Waals surface area contributed by atoms with Crippen molar-refractivity contribution in [2.24, 2.45) is 0 Å². The lowest BCUT2D eigenvalue weighted by Gasteiger charge is -2.32. The van der Waals surface area contributed by atoms with Crippen LogP contribution < -0.4 is 0 Å². The third-order valence-corrected chi connectivity index (χ3v) is 5.28. The zero-order chi connectivity index (χ0) is 20.4. The molecule has 0 aliphatic carbocycles. The van der Waals surface area contributed by atoms with Gasteiger partial charge in [-0.25, -0.2) is 18.7 Å². The van der Waals surface area contributed by atoms with Gasteiger partial charge >= 0.3 is 0 Å². The first kappa shape index (κ1) is 19.1. The Labute approximate surface area is 167 Å². The molecule has 29 heavy (non-hydrogen) atoms. The third-order valence-electron chi connectivity index (χ3n) is 5.28. The Balaban J connectivity index is 1.55. The fraction of sp³-hybridized carbons (Fsp3) is 0.273. The molecule has 0 saturated carbocycles. The average Bonchev–Trinajstić information content (AvgIpc) is 2.74. The fourth-order valence-corrected chi connectivity index (χ4v) is 3.77. The maximum Gasteiger partial charge on any atom is 0.259 e. The minimum Gasteiger partial charge on any atom is -0.338 e. The van der Waals surface area contributed by atoms with Crippen molar-refractivity contribution >= 4 is 5.91 Å². The molecule has 1 saturated heterocycles. The number of hydrogen-bond acceptors (Lipinski definition) is 4. The Morgan fingerprint density at radius 1 is 1.07 bits per heavy atom. The van der Waals surface area contributed by atoms with E-state index in [1.165, 1.54) is 11.0 Å². The van der Waals surface area contributed by atoms with Crippen LogP contribution in [0.2, 0.25) is 0 Å². The predicted octanol–water partition coefficient (Wildman–Crippen LogP) is 4.15. The molecule has 1 aliphatic heterocycles. The standard InChI is InChI=1S/C22H20F2N4O/c1-14-26-13-17(15-5-9-25-10-6-15)21(27-14)16-7-11-28(12-8-16)22(29)20-18(23)3-2-4-19(20)24/h2-6,9-10,13,16H,7-8,11-12H2,1H3. The second kappa shape index (κ2) is 8.03. The van der Waals surface area contributed by atoms with Crippen LogP contribution in [0.4, 0.5) is 8.78 Å². The second-order valence-corrected chi connectivity index (χ2v) is 7.12. The Morgan fingerprint density at radius 2 is 1.72 bits per heavy atom. The van der Waals surface area contributed by atoms with Gasteiger partial charge in [0.15, 0.2) is 0 Å². The molecular weight excluding hydrogens is 374 g/mol. The number of aromatic nitrogens is 3. The van der Waals surface area contributed by atoms with Crippen molar-refractivity contribution in [3.63, 3.8) is 0 Å². The van der Waals surface area contributed by atoms with Gasteiger partial charge in [0.1, 0.15) is 23.0 Å². The van der Waals surface area contributed by atoms with Gasteiger partial charge in [-0.15, -0.1) is 0 Å². The Morgan fingerprint density at radius 3 is 2.38 bits per heavy atom. The lowest BCUT2D eigenvalue weighted by Crippen LogP contribution is -2.39. The highest BCUT2D eigenvalue weighted by Crippen LogP contribution is 2.34. The Kier molecular flexibility index (Phi) is 5.29. The van der Waals surface area contributed by atoms with Crippen LogP contribution >= 0.6 is 0 Å². The minimum atomic E-state index is -0.830. The van der Waals surface area contributed by atoms with Crippen LogP contribution in [0.15, 0.2) is 48.9 Å². The highest BCUT2D eigenvalue weighted by atomic mass is 19.1. The normalized spacial score (nSPS) is 14.8. The van der Waals surface area contributed by atoms with Crippen molar-refractivity contribution in [1.29, 1.82) is 0 Å². The summed E-state index contributed by atoms with van der Waals surface area (Å²) in [4.78, 5) is 27.2. The molecule has 1 aliphatic rings. The van der Waals surface area contributed by atoms with Crippen molar-refractivity contribution in [1.82, 2.24) is 19.9 Å². The Hall–Kier alpha value is -3.22. The van der Waals surface area contributed by atoms with Crippen LogP contribution in [0.5, 0.6) is 0 Å². The molecule has 7 heteroatoms. The maximum absolute atomic E-state index is 14.0. The summed E-state index contributed by atoms with van der Waals surface area (Å²) in [6, 6.07) is 7.29. The molecule has 0 N–H and O–H groups in total. The second-order valence-electron chi connectivity index (χ2n) is 7.12. The van der Waals surface area contributed by atoms with E-state index in [1.54, 1.807) is 12.4 Å². The summed E-state index contributed by atoms with van der Waals surface area (Å²) in [6.07, 6.45) is 6.60. The van der Waals surface area contributed by atoms with Gasteiger partial charge in [0, 0.05) is 43.2 Å². The lowest BCUT2D eigenvalue weighted by atomic mass is 9.89. The first-order valence-corrected chi connectivity index (χ1v) is 9.52. The summed E-state index contributed by atoms with van der Waals surface area (Å²) < 4.78 is 27.9. The van der Waals surface area contributed by atoms with E-state index in [4.69, 9.17) is 0 Å². The van der Waals surface area contributed by atoms with Crippen LogP contribution in [0, 0.1) is 18.6 Å². The molecule has 1 fully saturated rings. The summed E-state index contributed by atoms with van der Waals surface area (Å²) in [5.74, 6) is -1.45. The molecule has 3 aromatic rings. The molecule has 0 bridgehead atoms. The molecule has 0 atom stereocenters. The third kappa shape index (κ3) is 3.85. The first-order valence-electron chi connectivity index (χ1n) is 9.52. The number of amides is 1. The number of carbonyl (C=O) groups excluding carboxylic acids is 1. The van der Waals surface area contributed by atoms with E-state index in [-0.39, 0.29) is 5.92 Å². The number of hydrogen-bond donors (Lipinski definition) is 0. The van der Waals surface area contributed by atoms with Gasteiger partial charge in [-0.05, 0) is 49.6 Å². The maximum atomic E-state index is 14.0. The number of rotatable bonds is 3. The molecular formula is C22H20F2N4O. The molecule has 3 heterocycles. The molecule has 1 aromatic carbocycles. The summed E-state index contributed by atoms with van der Waals surface area (Å²) in [5, 5.41) is 0. The van der Waals surface area contributed by atoms with Crippen molar-refractivity contribution in [3.8, 4) is 11.1 Å². The highest BCUT2D eigenvalue weighted by molar-refractivity contribution is 5.94. The van der Waals surface area contributed by atoms with Crippen molar-refractivity contribution < 1.29 is 13.6 Å². The summed E-state index contributed by atoms with van der Waals surface area (Å²) in [5.41, 5.74) is 2.39. The van der Waals surface area contributed by atoms with Crippen LogP contribution in [0.3, 0.4) is 0 Å². The van der Waals surface area contributed by atoms with E-state index in [2.05, 4.69) is 15.0 Å². The van der Waals surface area contributed by atoms with E-state index in [9.17, 15) is 13.6 Å². The number of nitrogens with zero attached hydrogens (tertiary/aromatic N) is 4. The minimum absolute atomic E-state index is 0.134. The highest BCUT2D eigenvalue weighted by Gasteiger charge is 2.29. The molecule has 0 unspecified atom stereocenters. The summed E-state index contributed by atoms with van der Waals surface area (Å²) in [7, 11) is 0. The van der Waals surface area contributed by atoms with Gasteiger partial charge < -0.3 is 4.90 Å². The van der Waals surface area contributed by atoms with E-state index < -0.39 is 23.1 Å². The van der Waals surface area contributed by atoms with E-state index in [0.717, 1.165) is 29.0 Å². The Bertz CT molecular complexity index is 1010. The number of halogens is 2. The molecule has 148 valence electrons. The van der Waals surface area contributed by atoms with Crippen LogP contribution in [-0.4, -0.2) is 38.8 Å². The van der Waals surface area contributed by atoms with Crippen molar-refractivity contribution in [2.45, 2.75) is 25.7 Å². The number of pyridine rings is 1. The van der Waals surface area contributed by atoms with Crippen molar-refractivity contribution in [3.05, 3.63) is 77.6 Å². The number of piperidine rings is 1. The predicted molar refractivity (Wildman–Crippen MR) is 104 cm³/mol. The first-order chi connectivity index (χ1) is 14.0. The quantitative estimate of drug-likeness (QED) is 0.670. The molecule has 0 radical (unpaired) electrons. The van der Waals surface area contributed by atoms with Gasteiger partial charge in [-0.2, -0.15) is 0 Å². The SMILES string of the molecule is Cc1ncc(-c2ccncc2)c(C2CCN(C(=O)c3c(F)cccc3F)CC2)n1.